The number of nitrogens with one attached hydrogen (secondary N) is 1. The summed E-state index contributed by atoms with van der Waals surface area (Å²) in [5, 5.41) is 14.2. The molecule has 0 atom stereocenters. The van der Waals surface area contributed by atoms with Gasteiger partial charge in [-0.3, -0.25) is 0 Å². The summed E-state index contributed by atoms with van der Waals surface area (Å²) in [6.45, 7) is 7.48. The van der Waals surface area contributed by atoms with Gasteiger partial charge in [0.1, 0.15) is 0 Å². The van der Waals surface area contributed by atoms with Crippen LogP contribution in [0.25, 0.3) is 0 Å². The third-order valence-electron chi connectivity index (χ3n) is 3.12. The van der Waals surface area contributed by atoms with Crippen LogP contribution in [0.4, 0.5) is 5.95 Å². The average molecular weight is 312 g/mol. The summed E-state index contributed by atoms with van der Waals surface area (Å²) in [7, 11) is 1.51. The maximum absolute atomic E-state index is 10.1. The van der Waals surface area contributed by atoms with E-state index in [1.807, 2.05) is 26.0 Å². The van der Waals surface area contributed by atoms with Crippen molar-refractivity contribution in [1.29, 1.82) is 0 Å². The minimum absolute atomic E-state index is 0.121. The molecule has 0 aliphatic carbocycles. The Bertz CT molecular complexity index is 721. The highest BCUT2D eigenvalue weighted by molar-refractivity contribution is 5.82. The van der Waals surface area contributed by atoms with Gasteiger partial charge in [-0.15, -0.1) is 6.58 Å². The van der Waals surface area contributed by atoms with E-state index < -0.39 is 0 Å². The van der Waals surface area contributed by atoms with Crippen LogP contribution in [-0.2, 0) is 6.42 Å². The van der Waals surface area contributed by atoms with E-state index in [1.54, 1.807) is 18.4 Å². The van der Waals surface area contributed by atoms with Gasteiger partial charge in [0, 0.05) is 17.0 Å². The number of aromatic hydroxyl groups is 1. The first kappa shape index (κ1) is 16.5. The molecule has 0 bridgehead atoms. The molecule has 0 amide bonds. The summed E-state index contributed by atoms with van der Waals surface area (Å²) in [5.41, 5.74) is 6.05. The van der Waals surface area contributed by atoms with Gasteiger partial charge in [0.05, 0.1) is 13.3 Å². The highest BCUT2D eigenvalue weighted by Gasteiger charge is 2.08. The molecule has 6 nitrogen and oxygen atoms in total. The largest absolute Gasteiger partial charge is 0.504 e. The minimum atomic E-state index is 0.121. The van der Waals surface area contributed by atoms with E-state index in [0.717, 1.165) is 22.5 Å². The third kappa shape index (κ3) is 4.29. The van der Waals surface area contributed by atoms with Crippen molar-refractivity contribution in [1.82, 2.24) is 9.97 Å². The van der Waals surface area contributed by atoms with E-state index in [-0.39, 0.29) is 5.75 Å². The van der Waals surface area contributed by atoms with Crippen LogP contribution >= 0.6 is 0 Å². The summed E-state index contributed by atoms with van der Waals surface area (Å²) in [6, 6.07) is 5.42. The van der Waals surface area contributed by atoms with Gasteiger partial charge in [-0.1, -0.05) is 6.08 Å². The number of aromatic nitrogens is 2. The summed E-state index contributed by atoms with van der Waals surface area (Å²) in [6.07, 6.45) is 3.88. The number of allylic oxidation sites excluding steroid dienone is 1. The molecule has 6 heteroatoms. The molecule has 2 aromatic rings. The van der Waals surface area contributed by atoms with Crippen LogP contribution in [0.15, 0.2) is 36.0 Å². The second kappa shape index (κ2) is 7.40. The van der Waals surface area contributed by atoms with Gasteiger partial charge in [0.15, 0.2) is 11.5 Å². The van der Waals surface area contributed by atoms with Crippen molar-refractivity contribution >= 4 is 12.2 Å². The topological polar surface area (TPSA) is 79.6 Å². The van der Waals surface area contributed by atoms with Crippen molar-refractivity contribution < 1.29 is 9.84 Å². The number of nitrogens with zero attached hydrogens (tertiary/aromatic N) is 3. The fourth-order valence-electron chi connectivity index (χ4n) is 2.17. The molecule has 1 aromatic carbocycles. The predicted octanol–water partition coefficient (Wildman–Crippen LogP) is 2.98. The van der Waals surface area contributed by atoms with E-state index in [1.165, 1.54) is 7.11 Å². The second-order valence-corrected chi connectivity index (χ2v) is 5.07. The number of hydrogen-bond donors (Lipinski definition) is 2. The molecule has 1 heterocycles. The van der Waals surface area contributed by atoms with Crippen molar-refractivity contribution in [2.75, 3.05) is 12.5 Å². The van der Waals surface area contributed by atoms with Crippen molar-refractivity contribution in [3.8, 4) is 11.5 Å². The number of benzene rings is 1. The number of rotatable bonds is 6. The lowest BCUT2D eigenvalue weighted by atomic mass is 10.1. The monoisotopic (exact) mass is 312 g/mol. The first-order valence-corrected chi connectivity index (χ1v) is 7.15. The molecular weight excluding hydrogens is 292 g/mol. The number of phenolic OH excluding ortho intramolecular Hbond substituents is 1. The van der Waals surface area contributed by atoms with Crippen LogP contribution in [0.5, 0.6) is 11.5 Å². The lowest BCUT2D eigenvalue weighted by molar-refractivity contribution is 0.371. The zero-order valence-corrected chi connectivity index (χ0v) is 13.5. The molecule has 23 heavy (non-hydrogen) atoms. The molecule has 120 valence electrons. The van der Waals surface area contributed by atoms with Gasteiger partial charge in [-0.2, -0.15) is 5.10 Å². The molecule has 1 aromatic heterocycles. The van der Waals surface area contributed by atoms with Gasteiger partial charge in [0.2, 0.25) is 5.95 Å². The predicted molar refractivity (Wildman–Crippen MR) is 91.3 cm³/mol. The van der Waals surface area contributed by atoms with E-state index in [2.05, 4.69) is 27.1 Å². The normalized spacial score (nSPS) is 10.7. The van der Waals surface area contributed by atoms with Crippen LogP contribution < -0.4 is 10.2 Å². The number of aryl methyl sites for hydroxylation is 2. The lowest BCUT2D eigenvalue weighted by Gasteiger charge is -2.09. The molecule has 0 radical (unpaired) electrons. The van der Waals surface area contributed by atoms with Crippen molar-refractivity contribution in [2.45, 2.75) is 20.3 Å². The molecule has 0 saturated carbocycles. The SMILES string of the molecule is C=CCc1cc(/C=N\Nc2nc(C)cc(C)n2)cc(OC)c1O. The molecular formula is C17H20N4O2. The van der Waals surface area contributed by atoms with Crippen LogP contribution in [0.1, 0.15) is 22.5 Å². The first-order valence-electron chi connectivity index (χ1n) is 7.15. The van der Waals surface area contributed by atoms with Gasteiger partial charge >= 0.3 is 0 Å². The number of phenols is 1. The molecule has 0 saturated heterocycles. The maximum Gasteiger partial charge on any atom is 0.243 e. The van der Waals surface area contributed by atoms with E-state index in [4.69, 9.17) is 4.74 Å². The van der Waals surface area contributed by atoms with E-state index >= 15 is 0 Å². The minimum Gasteiger partial charge on any atom is -0.504 e. The number of methoxy groups -OCH3 is 1. The van der Waals surface area contributed by atoms with Crippen LogP contribution in [0, 0.1) is 13.8 Å². The molecule has 2 N–H and O–H groups in total. The van der Waals surface area contributed by atoms with Crippen molar-refractivity contribution in [2.24, 2.45) is 5.10 Å². The van der Waals surface area contributed by atoms with Gasteiger partial charge in [-0.25, -0.2) is 15.4 Å². The number of ether oxygens (including phenoxy) is 1. The van der Waals surface area contributed by atoms with Crippen LogP contribution in [-0.4, -0.2) is 28.4 Å². The summed E-state index contributed by atoms with van der Waals surface area (Å²) in [5.74, 6) is 0.958. The molecule has 0 unspecified atom stereocenters. The fourth-order valence-corrected chi connectivity index (χ4v) is 2.17. The Morgan fingerprint density at radius 1 is 1.26 bits per heavy atom. The van der Waals surface area contributed by atoms with Gasteiger partial charge in [0.25, 0.3) is 0 Å². The zero-order valence-electron chi connectivity index (χ0n) is 13.5. The Labute approximate surface area is 135 Å². The quantitative estimate of drug-likeness (QED) is 0.487. The van der Waals surface area contributed by atoms with Gasteiger partial charge < -0.3 is 9.84 Å². The standard InChI is InChI=1S/C17H20N4O2/c1-5-6-14-8-13(9-15(23-4)16(14)22)10-18-21-17-19-11(2)7-12(3)20-17/h5,7-10,22H,1,6H2,2-4H3,(H,19,20,21)/b18-10-. The highest BCUT2D eigenvalue weighted by atomic mass is 16.5. The molecule has 0 spiro atoms. The Morgan fingerprint density at radius 3 is 2.57 bits per heavy atom. The summed E-state index contributed by atoms with van der Waals surface area (Å²) < 4.78 is 5.18. The number of anilines is 1. The molecule has 2 rings (SSSR count). The van der Waals surface area contributed by atoms with Crippen molar-refractivity contribution in [3.05, 3.63) is 53.4 Å². The highest BCUT2D eigenvalue weighted by Crippen LogP contribution is 2.31. The Kier molecular flexibility index (Phi) is 5.30. The van der Waals surface area contributed by atoms with Crippen molar-refractivity contribution in [3.63, 3.8) is 0 Å². The number of hydrogen-bond acceptors (Lipinski definition) is 6. The molecule has 0 aliphatic rings. The van der Waals surface area contributed by atoms with Crippen LogP contribution in [0.2, 0.25) is 0 Å². The summed E-state index contributed by atoms with van der Waals surface area (Å²) in [4.78, 5) is 8.49. The lowest BCUT2D eigenvalue weighted by Crippen LogP contribution is -2.00. The third-order valence-corrected chi connectivity index (χ3v) is 3.12. The fraction of sp³-hybridized carbons (Fsp3) is 0.235. The van der Waals surface area contributed by atoms with Gasteiger partial charge in [-0.05, 0) is 44.0 Å². The van der Waals surface area contributed by atoms with Crippen LogP contribution in [0.3, 0.4) is 0 Å². The molecule has 0 fully saturated rings. The van der Waals surface area contributed by atoms with E-state index in [9.17, 15) is 5.11 Å². The smallest absolute Gasteiger partial charge is 0.243 e. The number of hydrazone groups is 1. The summed E-state index contributed by atoms with van der Waals surface area (Å²) >= 11 is 0. The molecule has 0 aliphatic heterocycles. The Balaban J connectivity index is 2.21. The zero-order chi connectivity index (χ0) is 16.8. The maximum atomic E-state index is 10.1. The second-order valence-electron chi connectivity index (χ2n) is 5.07. The Morgan fingerprint density at radius 2 is 1.96 bits per heavy atom. The Hall–Kier alpha value is -2.89. The first-order chi connectivity index (χ1) is 11.0. The van der Waals surface area contributed by atoms with E-state index in [0.29, 0.717) is 18.1 Å². The average Bonchev–Trinajstić information content (AvgIpc) is 2.49.